The summed E-state index contributed by atoms with van der Waals surface area (Å²) in [6.07, 6.45) is 2.06. The molecule has 0 saturated carbocycles. The van der Waals surface area contributed by atoms with Crippen molar-refractivity contribution < 1.29 is 19.4 Å². The number of hydrogen-bond acceptors (Lipinski definition) is 4. The topological polar surface area (TPSA) is 73.6 Å². The minimum Gasteiger partial charge on any atom is -0.493 e. The lowest BCUT2D eigenvalue weighted by molar-refractivity contribution is -0.152. The van der Waals surface area contributed by atoms with Gasteiger partial charge in [-0.15, -0.1) is 0 Å². The summed E-state index contributed by atoms with van der Waals surface area (Å²) < 4.78 is 13.6. The quantitative estimate of drug-likeness (QED) is 0.539. The summed E-state index contributed by atoms with van der Waals surface area (Å²) in [6, 6.07) is 13.7. The Bertz CT molecular complexity index is 1070. The maximum Gasteiger partial charge on any atom is 0.347 e. The van der Waals surface area contributed by atoms with Gasteiger partial charge >= 0.3 is 5.97 Å². The van der Waals surface area contributed by atoms with Gasteiger partial charge in [0.05, 0.1) is 18.0 Å². The van der Waals surface area contributed by atoms with Crippen LogP contribution >= 0.6 is 0 Å². The Morgan fingerprint density at radius 1 is 1.13 bits per heavy atom. The highest BCUT2D eigenvalue weighted by Crippen LogP contribution is 2.28. The normalized spacial score (nSPS) is 12.5. The molecule has 0 saturated heterocycles. The predicted molar refractivity (Wildman–Crippen MR) is 120 cm³/mol. The lowest BCUT2D eigenvalue weighted by Crippen LogP contribution is -2.38. The van der Waals surface area contributed by atoms with E-state index in [1.165, 1.54) is 19.4 Å². The molecule has 31 heavy (non-hydrogen) atoms. The number of carbonyl (C=O) groups is 1. The number of nitrogens with zero attached hydrogens (tertiary/aromatic N) is 2. The number of hydrogen-bond donors (Lipinski definition) is 1. The van der Waals surface area contributed by atoms with E-state index in [4.69, 9.17) is 9.47 Å². The number of aliphatic carboxylic acids is 1. The van der Waals surface area contributed by atoms with Crippen LogP contribution in [-0.2, 0) is 4.79 Å². The van der Waals surface area contributed by atoms with Crippen molar-refractivity contribution in [2.75, 3.05) is 6.61 Å². The molecule has 1 N–H and O–H groups in total. The first-order chi connectivity index (χ1) is 14.6. The Labute approximate surface area is 183 Å². The highest BCUT2D eigenvalue weighted by atomic mass is 16.5. The average Bonchev–Trinajstić information content (AvgIpc) is 3.10. The lowest BCUT2D eigenvalue weighted by atomic mass is 10.0. The van der Waals surface area contributed by atoms with Gasteiger partial charge in [0.25, 0.3) is 0 Å². The van der Waals surface area contributed by atoms with Crippen molar-refractivity contribution in [3.05, 3.63) is 71.0 Å². The smallest absolute Gasteiger partial charge is 0.347 e. The first-order valence-corrected chi connectivity index (χ1v) is 10.4. The number of aromatic nitrogens is 2. The van der Waals surface area contributed by atoms with Crippen LogP contribution in [0.2, 0.25) is 0 Å². The first-order valence-electron chi connectivity index (χ1n) is 10.4. The van der Waals surface area contributed by atoms with Gasteiger partial charge in [-0.05, 0) is 76.1 Å². The van der Waals surface area contributed by atoms with Gasteiger partial charge in [0.15, 0.2) is 5.60 Å². The van der Waals surface area contributed by atoms with Crippen LogP contribution in [-0.4, -0.2) is 33.1 Å². The Morgan fingerprint density at radius 2 is 1.81 bits per heavy atom. The zero-order chi connectivity index (χ0) is 22.8. The highest BCUT2D eigenvalue weighted by molar-refractivity contribution is 5.76. The minimum atomic E-state index is -1.29. The molecular weight excluding hydrogens is 392 g/mol. The molecule has 0 fully saturated rings. The van der Waals surface area contributed by atoms with E-state index in [0.717, 1.165) is 22.5 Å². The summed E-state index contributed by atoms with van der Waals surface area (Å²) >= 11 is 0. The lowest BCUT2D eigenvalue weighted by Gasteiger charge is -2.23. The zero-order valence-corrected chi connectivity index (χ0v) is 19.0. The molecule has 0 amide bonds. The molecule has 0 aliphatic carbocycles. The van der Waals surface area contributed by atoms with Crippen molar-refractivity contribution >= 4 is 5.97 Å². The molecule has 0 radical (unpaired) electrons. The molecule has 1 aromatic heterocycles. The fourth-order valence-electron chi connectivity index (χ4n) is 3.24. The van der Waals surface area contributed by atoms with Crippen LogP contribution in [0, 0.1) is 20.8 Å². The molecular formula is C25H30N2O4. The molecule has 3 aromatic rings. The molecule has 0 aliphatic rings. The van der Waals surface area contributed by atoms with Crippen molar-refractivity contribution in [3.8, 4) is 17.2 Å². The number of rotatable bonds is 8. The number of carboxylic acid groups (broad SMARTS) is 1. The number of aryl methyl sites for hydroxylation is 3. The van der Waals surface area contributed by atoms with Gasteiger partial charge in [-0.25, -0.2) is 9.48 Å². The largest absolute Gasteiger partial charge is 0.493 e. The Morgan fingerprint density at radius 3 is 2.42 bits per heavy atom. The standard InChI is InChI=1S/C25H30N2O4/c1-16-7-9-20(10-8-16)27-14-22(19(4)26-27)18(3)15-30-21-11-12-23(17(2)13-21)31-25(5,6)24(28)29/h7-14,18H,15H2,1-6H3,(H,28,29). The van der Waals surface area contributed by atoms with Gasteiger partial charge in [0.2, 0.25) is 0 Å². The summed E-state index contributed by atoms with van der Waals surface area (Å²) in [5.41, 5.74) is 3.89. The van der Waals surface area contributed by atoms with E-state index in [1.807, 2.05) is 24.6 Å². The summed E-state index contributed by atoms with van der Waals surface area (Å²) in [5, 5.41) is 13.9. The third-order valence-corrected chi connectivity index (χ3v) is 5.29. The average molecular weight is 423 g/mol. The third kappa shape index (κ3) is 5.26. The molecule has 6 heteroatoms. The van der Waals surface area contributed by atoms with E-state index in [2.05, 4.69) is 49.4 Å². The van der Waals surface area contributed by atoms with Crippen LogP contribution in [0.5, 0.6) is 11.5 Å². The molecule has 0 aliphatic heterocycles. The van der Waals surface area contributed by atoms with E-state index >= 15 is 0 Å². The molecule has 1 atom stereocenters. The predicted octanol–water partition coefficient (Wildman–Crippen LogP) is 5.22. The maximum atomic E-state index is 11.3. The number of ether oxygens (including phenoxy) is 2. The highest BCUT2D eigenvalue weighted by Gasteiger charge is 2.30. The van der Waals surface area contributed by atoms with Crippen molar-refractivity contribution in [1.82, 2.24) is 9.78 Å². The van der Waals surface area contributed by atoms with Gasteiger partial charge in [0.1, 0.15) is 11.5 Å². The van der Waals surface area contributed by atoms with Gasteiger partial charge in [-0.1, -0.05) is 24.6 Å². The second-order valence-corrected chi connectivity index (χ2v) is 8.51. The number of benzene rings is 2. The summed E-state index contributed by atoms with van der Waals surface area (Å²) in [5.74, 6) is 0.389. The summed E-state index contributed by atoms with van der Waals surface area (Å²) in [7, 11) is 0. The van der Waals surface area contributed by atoms with Crippen LogP contribution < -0.4 is 9.47 Å². The number of carboxylic acids is 1. The van der Waals surface area contributed by atoms with Crippen molar-refractivity contribution in [2.24, 2.45) is 0 Å². The van der Waals surface area contributed by atoms with Crippen LogP contribution in [0.3, 0.4) is 0 Å². The Hall–Kier alpha value is -3.28. The van der Waals surface area contributed by atoms with Gasteiger partial charge in [-0.3, -0.25) is 0 Å². The van der Waals surface area contributed by atoms with Crippen molar-refractivity contribution in [2.45, 2.75) is 53.1 Å². The van der Waals surface area contributed by atoms with E-state index in [1.54, 1.807) is 12.1 Å². The molecule has 6 nitrogen and oxygen atoms in total. The van der Waals surface area contributed by atoms with E-state index in [0.29, 0.717) is 18.1 Å². The van der Waals surface area contributed by atoms with E-state index in [-0.39, 0.29) is 5.92 Å². The first kappa shape index (κ1) is 22.4. The van der Waals surface area contributed by atoms with E-state index in [9.17, 15) is 9.90 Å². The van der Waals surface area contributed by atoms with Crippen LogP contribution in [0.1, 0.15) is 49.1 Å². The monoisotopic (exact) mass is 422 g/mol. The van der Waals surface area contributed by atoms with Crippen LogP contribution in [0.25, 0.3) is 5.69 Å². The van der Waals surface area contributed by atoms with Gasteiger partial charge in [-0.2, -0.15) is 5.10 Å². The van der Waals surface area contributed by atoms with Gasteiger partial charge < -0.3 is 14.6 Å². The van der Waals surface area contributed by atoms with Gasteiger partial charge in [0, 0.05) is 12.1 Å². The van der Waals surface area contributed by atoms with Crippen LogP contribution in [0.15, 0.2) is 48.7 Å². The second-order valence-electron chi connectivity index (χ2n) is 8.51. The molecule has 0 bridgehead atoms. The fraction of sp³-hybridized carbons (Fsp3) is 0.360. The molecule has 0 spiro atoms. The Balaban J connectivity index is 1.67. The van der Waals surface area contributed by atoms with Crippen molar-refractivity contribution in [1.29, 1.82) is 0 Å². The summed E-state index contributed by atoms with van der Waals surface area (Å²) in [6.45, 7) is 11.6. The molecule has 1 heterocycles. The molecule has 164 valence electrons. The summed E-state index contributed by atoms with van der Waals surface area (Å²) in [4.78, 5) is 11.3. The molecule has 3 rings (SSSR count). The molecule has 2 aromatic carbocycles. The Kier molecular flexibility index (Phi) is 6.39. The zero-order valence-electron chi connectivity index (χ0n) is 19.0. The molecule has 1 unspecified atom stereocenters. The maximum absolute atomic E-state index is 11.3. The second kappa shape index (κ2) is 8.84. The minimum absolute atomic E-state index is 0.154. The van der Waals surface area contributed by atoms with Crippen LogP contribution in [0.4, 0.5) is 0 Å². The fourth-order valence-corrected chi connectivity index (χ4v) is 3.24. The van der Waals surface area contributed by atoms with E-state index < -0.39 is 11.6 Å². The third-order valence-electron chi connectivity index (χ3n) is 5.29. The van der Waals surface area contributed by atoms with Crippen molar-refractivity contribution in [3.63, 3.8) is 0 Å². The SMILES string of the molecule is Cc1ccc(-n2cc(C(C)COc3ccc(OC(C)(C)C(=O)O)c(C)c3)c(C)n2)cc1.